The van der Waals surface area contributed by atoms with Gasteiger partial charge in [-0.3, -0.25) is 4.79 Å². The van der Waals surface area contributed by atoms with Crippen LogP contribution in [-0.4, -0.2) is 38.6 Å². The minimum Gasteiger partial charge on any atom is -0.478 e. The molecule has 7 nitrogen and oxygen atoms in total. The summed E-state index contributed by atoms with van der Waals surface area (Å²) in [6.45, 7) is 5.80. The fourth-order valence-electron chi connectivity index (χ4n) is 4.06. The third kappa shape index (κ3) is 4.93. The van der Waals surface area contributed by atoms with Crippen molar-refractivity contribution in [3.63, 3.8) is 0 Å². The molecule has 0 spiro atoms. The number of nitrogens with zero attached hydrogens (tertiary/aromatic N) is 4. The first kappa shape index (κ1) is 21.0. The van der Waals surface area contributed by atoms with E-state index < -0.39 is 0 Å². The summed E-state index contributed by atoms with van der Waals surface area (Å²) in [6, 6.07) is 9.96. The van der Waals surface area contributed by atoms with Gasteiger partial charge in [0.15, 0.2) is 5.82 Å². The van der Waals surface area contributed by atoms with Crippen molar-refractivity contribution in [1.82, 2.24) is 24.8 Å². The Bertz CT molecular complexity index is 1030. The average Bonchev–Trinajstić information content (AvgIpc) is 3.06. The molecule has 3 aromatic rings. The Balaban J connectivity index is 1.45. The largest absolute Gasteiger partial charge is 0.478 e. The van der Waals surface area contributed by atoms with E-state index in [1.165, 1.54) is 0 Å². The molecule has 1 aliphatic carbocycles. The molecule has 2 heterocycles. The van der Waals surface area contributed by atoms with E-state index in [0.29, 0.717) is 24.9 Å². The monoisotopic (exact) mass is 419 g/mol. The maximum absolute atomic E-state index is 12.8. The molecule has 0 bridgehead atoms. The lowest BCUT2D eigenvalue weighted by molar-refractivity contribution is -0.125. The van der Waals surface area contributed by atoms with Crippen LogP contribution in [0.15, 0.2) is 42.7 Å². The van der Waals surface area contributed by atoms with Crippen LogP contribution in [0.25, 0.3) is 11.4 Å². The molecule has 1 atom stereocenters. The van der Waals surface area contributed by atoms with Gasteiger partial charge in [-0.25, -0.2) is 9.97 Å². The second-order valence-electron chi connectivity index (χ2n) is 7.81. The van der Waals surface area contributed by atoms with E-state index in [-0.39, 0.29) is 11.8 Å². The molecular weight excluding hydrogens is 390 g/mol. The summed E-state index contributed by atoms with van der Waals surface area (Å²) >= 11 is 0. The number of carbonyl (C=O) groups is 1. The lowest BCUT2D eigenvalue weighted by atomic mass is 9.99. The zero-order valence-electron chi connectivity index (χ0n) is 18.2. The van der Waals surface area contributed by atoms with Crippen LogP contribution in [-0.2, 0) is 24.2 Å². The molecule has 162 valence electrons. The Morgan fingerprint density at radius 1 is 1.19 bits per heavy atom. The number of nitrogens with one attached hydrogen (secondary N) is 1. The SMILES string of the molecule is CCOc1nc(-c2ccccc2)nc2c1CCC(C(=O)NCCn1ccnc1C)CC2. The molecule has 1 unspecified atom stereocenters. The number of aryl methyl sites for hydroxylation is 2. The maximum atomic E-state index is 12.8. The van der Waals surface area contributed by atoms with E-state index in [0.717, 1.165) is 54.9 Å². The molecule has 0 fully saturated rings. The van der Waals surface area contributed by atoms with Gasteiger partial charge in [-0.15, -0.1) is 0 Å². The van der Waals surface area contributed by atoms with E-state index in [9.17, 15) is 4.79 Å². The van der Waals surface area contributed by atoms with E-state index in [4.69, 9.17) is 14.7 Å². The number of imidazole rings is 1. The van der Waals surface area contributed by atoms with Crippen molar-refractivity contribution in [2.45, 2.75) is 46.1 Å². The zero-order valence-corrected chi connectivity index (χ0v) is 18.2. The van der Waals surface area contributed by atoms with E-state index in [1.54, 1.807) is 6.20 Å². The molecule has 1 N–H and O–H groups in total. The van der Waals surface area contributed by atoms with Gasteiger partial charge in [-0.2, -0.15) is 4.98 Å². The van der Waals surface area contributed by atoms with Gasteiger partial charge in [0.25, 0.3) is 0 Å². The number of hydrogen-bond donors (Lipinski definition) is 1. The molecule has 0 saturated carbocycles. The second-order valence-corrected chi connectivity index (χ2v) is 7.81. The Kier molecular flexibility index (Phi) is 6.60. The normalized spacial score (nSPS) is 15.7. The molecule has 1 aromatic carbocycles. The summed E-state index contributed by atoms with van der Waals surface area (Å²) in [4.78, 5) is 26.6. The topological polar surface area (TPSA) is 81.9 Å². The lowest BCUT2D eigenvalue weighted by Gasteiger charge is -2.14. The number of hydrogen-bond acceptors (Lipinski definition) is 5. The molecule has 1 amide bonds. The summed E-state index contributed by atoms with van der Waals surface area (Å²) in [5.74, 6) is 2.37. The summed E-state index contributed by atoms with van der Waals surface area (Å²) in [6.07, 6.45) is 6.76. The Morgan fingerprint density at radius 2 is 2.00 bits per heavy atom. The molecule has 0 aliphatic heterocycles. The number of amides is 1. The van der Waals surface area contributed by atoms with Crippen LogP contribution in [0.5, 0.6) is 5.88 Å². The van der Waals surface area contributed by atoms with Gasteiger partial charge in [0.05, 0.1) is 12.3 Å². The minimum atomic E-state index is -0.0345. The first-order chi connectivity index (χ1) is 15.2. The van der Waals surface area contributed by atoms with Crippen molar-refractivity contribution >= 4 is 5.91 Å². The van der Waals surface area contributed by atoms with Gasteiger partial charge in [-0.05, 0) is 39.5 Å². The molecule has 0 radical (unpaired) electrons. The van der Waals surface area contributed by atoms with E-state index >= 15 is 0 Å². The number of fused-ring (bicyclic) bond motifs is 1. The van der Waals surface area contributed by atoms with Crippen LogP contribution in [0.2, 0.25) is 0 Å². The zero-order chi connectivity index (χ0) is 21.6. The number of rotatable bonds is 7. The molecule has 4 rings (SSSR count). The van der Waals surface area contributed by atoms with E-state index in [2.05, 4.69) is 10.3 Å². The second kappa shape index (κ2) is 9.73. The average molecular weight is 420 g/mol. The van der Waals surface area contributed by atoms with Gasteiger partial charge in [0.1, 0.15) is 5.82 Å². The van der Waals surface area contributed by atoms with Crippen molar-refractivity contribution in [3.05, 3.63) is 59.8 Å². The molecule has 0 saturated heterocycles. The predicted octanol–water partition coefficient (Wildman–Crippen LogP) is 3.36. The summed E-state index contributed by atoms with van der Waals surface area (Å²) < 4.78 is 7.91. The van der Waals surface area contributed by atoms with Crippen molar-refractivity contribution < 1.29 is 9.53 Å². The van der Waals surface area contributed by atoms with E-state index in [1.807, 2.05) is 54.9 Å². The van der Waals surface area contributed by atoms with Crippen molar-refractivity contribution in [3.8, 4) is 17.3 Å². The van der Waals surface area contributed by atoms with Crippen LogP contribution in [0, 0.1) is 12.8 Å². The van der Waals surface area contributed by atoms with Crippen molar-refractivity contribution in [2.24, 2.45) is 5.92 Å². The third-order valence-corrected chi connectivity index (χ3v) is 5.79. The number of ether oxygens (including phenoxy) is 1. The lowest BCUT2D eigenvalue weighted by Crippen LogP contribution is -2.33. The molecule has 31 heavy (non-hydrogen) atoms. The first-order valence-corrected chi connectivity index (χ1v) is 11.0. The Hall–Kier alpha value is -3.22. The molecular formula is C24H29N5O2. The minimum absolute atomic E-state index is 0.0345. The van der Waals surface area contributed by atoms with Gasteiger partial charge in [0.2, 0.25) is 11.8 Å². The van der Waals surface area contributed by atoms with Crippen LogP contribution < -0.4 is 10.1 Å². The smallest absolute Gasteiger partial charge is 0.223 e. The fraction of sp³-hybridized carbons (Fsp3) is 0.417. The third-order valence-electron chi connectivity index (χ3n) is 5.79. The molecule has 7 heteroatoms. The summed E-state index contributed by atoms with van der Waals surface area (Å²) in [5.41, 5.74) is 3.02. The number of benzene rings is 1. The Labute approximate surface area is 182 Å². The highest BCUT2D eigenvalue weighted by Crippen LogP contribution is 2.31. The van der Waals surface area contributed by atoms with Crippen LogP contribution in [0.4, 0.5) is 0 Å². The predicted molar refractivity (Wildman–Crippen MR) is 119 cm³/mol. The highest BCUT2D eigenvalue weighted by molar-refractivity contribution is 5.78. The Morgan fingerprint density at radius 3 is 2.74 bits per heavy atom. The highest BCUT2D eigenvalue weighted by Gasteiger charge is 2.26. The number of carbonyl (C=O) groups excluding carboxylic acids is 1. The van der Waals surface area contributed by atoms with Crippen molar-refractivity contribution in [1.29, 1.82) is 0 Å². The highest BCUT2D eigenvalue weighted by atomic mass is 16.5. The van der Waals surface area contributed by atoms with Gasteiger partial charge < -0.3 is 14.6 Å². The molecule has 2 aromatic heterocycles. The summed E-state index contributed by atoms with van der Waals surface area (Å²) in [5, 5.41) is 3.09. The van der Waals surface area contributed by atoms with Gasteiger partial charge in [-0.1, -0.05) is 30.3 Å². The first-order valence-electron chi connectivity index (χ1n) is 11.0. The molecule has 1 aliphatic rings. The fourth-order valence-corrected chi connectivity index (χ4v) is 4.06. The standard InChI is InChI=1S/C24H29N5O2/c1-3-31-24-20-11-9-19(23(30)26-14-16-29-15-13-25-17(29)2)10-12-21(20)27-22(28-24)18-7-5-4-6-8-18/h4-8,13,15,19H,3,9-12,14,16H2,1-2H3,(H,26,30). The van der Waals surface area contributed by atoms with Crippen molar-refractivity contribution in [2.75, 3.05) is 13.2 Å². The van der Waals surface area contributed by atoms with Gasteiger partial charge >= 0.3 is 0 Å². The number of aromatic nitrogens is 4. The summed E-state index contributed by atoms with van der Waals surface area (Å²) in [7, 11) is 0. The maximum Gasteiger partial charge on any atom is 0.223 e. The van der Waals surface area contributed by atoms with Crippen LogP contribution >= 0.6 is 0 Å². The van der Waals surface area contributed by atoms with Crippen LogP contribution in [0.1, 0.15) is 36.8 Å². The quantitative estimate of drug-likeness (QED) is 0.594. The van der Waals surface area contributed by atoms with Gasteiger partial charge in [0, 0.05) is 42.5 Å². The van der Waals surface area contributed by atoms with Crippen LogP contribution in [0.3, 0.4) is 0 Å².